The predicted octanol–water partition coefficient (Wildman–Crippen LogP) is 2.86. The Morgan fingerprint density at radius 1 is 1.23 bits per heavy atom. The van der Waals surface area contributed by atoms with Crippen LogP contribution in [0.4, 0.5) is 5.69 Å². The molecule has 1 heterocycles. The van der Waals surface area contributed by atoms with E-state index in [0.29, 0.717) is 29.1 Å². The first kappa shape index (κ1) is 18.4. The van der Waals surface area contributed by atoms with Crippen molar-refractivity contribution in [2.75, 3.05) is 11.4 Å². The summed E-state index contributed by atoms with van der Waals surface area (Å²) in [4.78, 5) is 26.4. The second-order valence-electron chi connectivity index (χ2n) is 6.65. The van der Waals surface area contributed by atoms with Crippen LogP contribution in [0.1, 0.15) is 25.3 Å². The molecule has 2 amide bonds. The van der Waals surface area contributed by atoms with Gasteiger partial charge in [0.05, 0.1) is 6.54 Å². The van der Waals surface area contributed by atoms with E-state index in [2.05, 4.69) is 5.32 Å². The van der Waals surface area contributed by atoms with Gasteiger partial charge in [0.25, 0.3) is 0 Å². The van der Waals surface area contributed by atoms with Crippen molar-refractivity contribution < 1.29 is 14.7 Å². The number of rotatable bonds is 5. The minimum atomic E-state index is -1.24. The number of nitrogens with zero attached hydrogens (tertiary/aromatic N) is 1. The average Bonchev–Trinajstić information content (AvgIpc) is 3.02. The molecule has 2 aromatic carbocycles. The van der Waals surface area contributed by atoms with E-state index in [-0.39, 0.29) is 18.4 Å². The zero-order valence-electron chi connectivity index (χ0n) is 14.5. The summed E-state index contributed by atoms with van der Waals surface area (Å²) in [6.07, 6.45) is 0.795. The molecule has 2 unspecified atom stereocenters. The van der Waals surface area contributed by atoms with Crippen LogP contribution in [0.25, 0.3) is 0 Å². The molecule has 136 valence electrons. The molecule has 0 saturated carbocycles. The molecule has 0 bridgehead atoms. The zero-order valence-corrected chi connectivity index (χ0v) is 15.2. The molecule has 1 aliphatic heterocycles. The number of anilines is 1. The fraction of sp³-hybridized carbons (Fsp3) is 0.300. The third-order valence-electron chi connectivity index (χ3n) is 4.62. The molecule has 0 spiro atoms. The quantitative estimate of drug-likeness (QED) is 0.847. The highest BCUT2D eigenvalue weighted by atomic mass is 35.5. The van der Waals surface area contributed by atoms with Crippen molar-refractivity contribution in [1.82, 2.24) is 5.32 Å². The van der Waals surface area contributed by atoms with Gasteiger partial charge < -0.3 is 10.4 Å². The lowest BCUT2D eigenvalue weighted by Crippen LogP contribution is -2.48. The molecule has 0 radical (unpaired) electrons. The summed E-state index contributed by atoms with van der Waals surface area (Å²) in [7, 11) is 0. The van der Waals surface area contributed by atoms with Gasteiger partial charge in [-0.25, -0.2) is 0 Å². The largest absolute Gasteiger partial charge is 0.384 e. The molecule has 2 N–H and O–H groups in total. The van der Waals surface area contributed by atoms with Gasteiger partial charge in [-0.2, -0.15) is 0 Å². The maximum Gasteiger partial charge on any atom is 0.243 e. The summed E-state index contributed by atoms with van der Waals surface area (Å²) in [5, 5.41) is 14.0. The predicted molar refractivity (Wildman–Crippen MR) is 101 cm³/mol. The van der Waals surface area contributed by atoms with Gasteiger partial charge in [0.1, 0.15) is 11.6 Å². The van der Waals surface area contributed by atoms with Crippen LogP contribution in [0, 0.1) is 0 Å². The minimum Gasteiger partial charge on any atom is -0.384 e. The number of benzene rings is 2. The number of amides is 2. The number of aliphatic hydroxyl groups is 1. The van der Waals surface area contributed by atoms with Gasteiger partial charge in [-0.1, -0.05) is 41.9 Å². The highest BCUT2D eigenvalue weighted by Crippen LogP contribution is 2.27. The standard InChI is InChI=1S/C20H21ClN2O3/c1-20(26,14-7-9-15(21)10-8-14)13-22-19(25)17-11-12-18(24)23(17)16-5-3-2-4-6-16/h2-10,17,26H,11-13H2,1H3,(H,22,25). The topological polar surface area (TPSA) is 69.6 Å². The first-order valence-corrected chi connectivity index (χ1v) is 8.89. The number of halogens is 1. The number of para-hydroxylation sites is 1. The monoisotopic (exact) mass is 372 g/mol. The van der Waals surface area contributed by atoms with Crippen LogP contribution in [-0.2, 0) is 15.2 Å². The van der Waals surface area contributed by atoms with Crippen molar-refractivity contribution in [3.05, 3.63) is 65.2 Å². The molecule has 1 fully saturated rings. The molecule has 1 aliphatic rings. The van der Waals surface area contributed by atoms with Gasteiger partial charge in [-0.3, -0.25) is 14.5 Å². The molecule has 3 rings (SSSR count). The molecule has 26 heavy (non-hydrogen) atoms. The fourth-order valence-electron chi connectivity index (χ4n) is 3.13. The maximum atomic E-state index is 12.7. The molecule has 2 aromatic rings. The third-order valence-corrected chi connectivity index (χ3v) is 4.87. The van der Waals surface area contributed by atoms with E-state index >= 15 is 0 Å². The molecule has 5 nitrogen and oxygen atoms in total. The van der Waals surface area contributed by atoms with Crippen LogP contribution >= 0.6 is 11.6 Å². The highest BCUT2D eigenvalue weighted by Gasteiger charge is 2.37. The lowest BCUT2D eigenvalue weighted by Gasteiger charge is -2.28. The van der Waals surface area contributed by atoms with Crippen LogP contribution in [0.15, 0.2) is 54.6 Å². The highest BCUT2D eigenvalue weighted by molar-refractivity contribution is 6.30. The third kappa shape index (κ3) is 3.89. The molecule has 2 atom stereocenters. The average molecular weight is 373 g/mol. The SMILES string of the molecule is CC(O)(CNC(=O)C1CCC(=O)N1c1ccccc1)c1ccc(Cl)cc1. The Kier molecular flexibility index (Phi) is 5.30. The zero-order chi connectivity index (χ0) is 18.7. The molecule has 0 aromatic heterocycles. The van der Waals surface area contributed by atoms with Gasteiger partial charge in [-0.15, -0.1) is 0 Å². The van der Waals surface area contributed by atoms with Crippen molar-refractivity contribution in [1.29, 1.82) is 0 Å². The van der Waals surface area contributed by atoms with Gasteiger partial charge >= 0.3 is 0 Å². The second kappa shape index (κ2) is 7.48. The summed E-state index contributed by atoms with van der Waals surface area (Å²) in [5.41, 5.74) is 0.129. The molecule has 6 heteroatoms. The number of hydrogen-bond acceptors (Lipinski definition) is 3. The first-order valence-electron chi connectivity index (χ1n) is 8.52. The van der Waals surface area contributed by atoms with Gasteiger partial charge in [0, 0.05) is 17.1 Å². The number of carbonyl (C=O) groups excluding carboxylic acids is 2. The van der Waals surface area contributed by atoms with E-state index in [1.165, 1.54) is 4.90 Å². The molecule has 0 aliphatic carbocycles. The Balaban J connectivity index is 1.69. The minimum absolute atomic E-state index is 0.0424. The summed E-state index contributed by atoms with van der Waals surface area (Å²) in [6, 6.07) is 15.4. The fourth-order valence-corrected chi connectivity index (χ4v) is 3.26. The van der Waals surface area contributed by atoms with Crippen molar-refractivity contribution >= 4 is 29.1 Å². The van der Waals surface area contributed by atoms with Gasteiger partial charge in [0.2, 0.25) is 11.8 Å². The lowest BCUT2D eigenvalue weighted by molar-refractivity contribution is -0.124. The van der Waals surface area contributed by atoms with Crippen LogP contribution in [0.3, 0.4) is 0 Å². The van der Waals surface area contributed by atoms with Crippen molar-refractivity contribution in [2.24, 2.45) is 0 Å². The number of nitrogens with one attached hydrogen (secondary N) is 1. The van der Waals surface area contributed by atoms with E-state index < -0.39 is 11.6 Å². The summed E-state index contributed by atoms with van der Waals surface area (Å²) < 4.78 is 0. The van der Waals surface area contributed by atoms with Gasteiger partial charge in [-0.05, 0) is 43.2 Å². The Bertz CT molecular complexity index is 790. The van der Waals surface area contributed by atoms with Crippen molar-refractivity contribution in [3.8, 4) is 0 Å². The Hall–Kier alpha value is -2.37. The Labute approximate surface area is 157 Å². The van der Waals surface area contributed by atoms with E-state index in [0.717, 1.165) is 0 Å². The normalized spacial score (nSPS) is 19.3. The first-order chi connectivity index (χ1) is 12.4. The summed E-state index contributed by atoms with van der Waals surface area (Å²) in [6.45, 7) is 1.67. The molecule has 1 saturated heterocycles. The molecular formula is C20H21ClN2O3. The van der Waals surface area contributed by atoms with Crippen molar-refractivity contribution in [2.45, 2.75) is 31.4 Å². The lowest BCUT2D eigenvalue weighted by atomic mass is 9.96. The van der Waals surface area contributed by atoms with Crippen LogP contribution in [0.2, 0.25) is 5.02 Å². The summed E-state index contributed by atoms with van der Waals surface area (Å²) in [5.74, 6) is -0.338. The van der Waals surface area contributed by atoms with E-state index in [1.807, 2.05) is 30.3 Å². The Morgan fingerprint density at radius 2 is 1.88 bits per heavy atom. The summed E-state index contributed by atoms with van der Waals surface area (Å²) >= 11 is 5.87. The van der Waals surface area contributed by atoms with E-state index in [1.54, 1.807) is 31.2 Å². The van der Waals surface area contributed by atoms with Crippen LogP contribution in [0.5, 0.6) is 0 Å². The number of carbonyl (C=O) groups is 2. The van der Waals surface area contributed by atoms with Crippen molar-refractivity contribution in [3.63, 3.8) is 0 Å². The van der Waals surface area contributed by atoms with Gasteiger partial charge in [0.15, 0.2) is 0 Å². The van der Waals surface area contributed by atoms with Crippen LogP contribution < -0.4 is 10.2 Å². The maximum absolute atomic E-state index is 12.7. The molecular weight excluding hydrogens is 352 g/mol. The smallest absolute Gasteiger partial charge is 0.243 e. The second-order valence-corrected chi connectivity index (χ2v) is 7.09. The number of hydrogen-bond donors (Lipinski definition) is 2. The van der Waals surface area contributed by atoms with E-state index in [9.17, 15) is 14.7 Å². The Morgan fingerprint density at radius 3 is 2.54 bits per heavy atom. The van der Waals surface area contributed by atoms with Crippen LogP contribution in [-0.4, -0.2) is 29.5 Å². The van der Waals surface area contributed by atoms with E-state index in [4.69, 9.17) is 11.6 Å².